The molecule has 2 atom stereocenters. The third-order valence-electron chi connectivity index (χ3n) is 12.0. The Morgan fingerprint density at radius 3 is 1.00 bits per heavy atom. The maximum absolute atomic E-state index is 12.4. The molecule has 328 valence electrons. The van der Waals surface area contributed by atoms with Crippen LogP contribution in [0.25, 0.3) is 0 Å². The molecule has 0 bridgehead atoms. The van der Waals surface area contributed by atoms with Crippen molar-refractivity contribution in [1.82, 2.24) is 5.32 Å². The lowest BCUT2D eigenvalue weighted by Gasteiger charge is -2.22. The molecular weight excluding hydrogens is 675 g/mol. The van der Waals surface area contributed by atoms with E-state index in [2.05, 4.69) is 31.3 Å². The van der Waals surface area contributed by atoms with Crippen molar-refractivity contribution >= 4 is 5.91 Å². The highest BCUT2D eigenvalue weighted by atomic mass is 16.3. The van der Waals surface area contributed by atoms with Crippen molar-refractivity contribution in [3.8, 4) is 0 Å². The fourth-order valence-electron chi connectivity index (χ4n) is 8.12. The number of carbonyl (C=O) groups is 1. The Hall–Kier alpha value is -0.870. The smallest absolute Gasteiger partial charge is 0.220 e. The van der Waals surface area contributed by atoms with Crippen LogP contribution in [0.3, 0.4) is 0 Å². The van der Waals surface area contributed by atoms with Crippen molar-refractivity contribution < 1.29 is 15.0 Å². The second kappa shape index (κ2) is 47.5. The fraction of sp³-hybridized carbons (Fsp3) is 0.941. The van der Waals surface area contributed by atoms with Crippen molar-refractivity contribution in [1.29, 1.82) is 0 Å². The highest BCUT2D eigenvalue weighted by Gasteiger charge is 2.20. The molecule has 55 heavy (non-hydrogen) atoms. The summed E-state index contributed by atoms with van der Waals surface area (Å²) in [6.07, 6.45) is 60.4. The van der Waals surface area contributed by atoms with E-state index >= 15 is 0 Å². The number of nitrogens with one attached hydrogen (secondary N) is 1. The van der Waals surface area contributed by atoms with Gasteiger partial charge in [0.15, 0.2) is 0 Å². The zero-order valence-corrected chi connectivity index (χ0v) is 37.7. The van der Waals surface area contributed by atoms with Gasteiger partial charge in [-0.25, -0.2) is 0 Å². The molecule has 0 aliphatic carbocycles. The summed E-state index contributed by atoms with van der Waals surface area (Å²) in [7, 11) is 0. The quantitative estimate of drug-likeness (QED) is 0.0426. The van der Waals surface area contributed by atoms with Crippen molar-refractivity contribution in [3.05, 3.63) is 12.2 Å². The van der Waals surface area contributed by atoms with E-state index in [0.29, 0.717) is 12.8 Å². The first kappa shape index (κ1) is 54.1. The first-order chi connectivity index (χ1) is 27.2. The molecule has 0 heterocycles. The van der Waals surface area contributed by atoms with Crippen LogP contribution in [0.4, 0.5) is 0 Å². The van der Waals surface area contributed by atoms with Crippen molar-refractivity contribution in [2.24, 2.45) is 0 Å². The second-order valence-electron chi connectivity index (χ2n) is 17.6. The third-order valence-corrected chi connectivity index (χ3v) is 12.0. The monoisotopic (exact) mass is 776 g/mol. The van der Waals surface area contributed by atoms with Gasteiger partial charge in [0.2, 0.25) is 5.91 Å². The minimum Gasteiger partial charge on any atom is -0.394 e. The van der Waals surface area contributed by atoms with E-state index in [0.717, 1.165) is 25.7 Å². The van der Waals surface area contributed by atoms with Gasteiger partial charge < -0.3 is 15.5 Å². The molecule has 0 radical (unpaired) electrons. The molecule has 4 nitrogen and oxygen atoms in total. The minimum absolute atomic E-state index is 0.0273. The van der Waals surface area contributed by atoms with Gasteiger partial charge >= 0.3 is 0 Å². The van der Waals surface area contributed by atoms with Gasteiger partial charge in [-0.1, -0.05) is 257 Å². The summed E-state index contributed by atoms with van der Waals surface area (Å²) in [6, 6.07) is -0.532. The van der Waals surface area contributed by atoms with Gasteiger partial charge in [0.05, 0.1) is 18.8 Å². The lowest BCUT2D eigenvalue weighted by atomic mass is 10.0. The second-order valence-corrected chi connectivity index (χ2v) is 17.6. The van der Waals surface area contributed by atoms with Crippen LogP contribution >= 0.6 is 0 Å². The maximum Gasteiger partial charge on any atom is 0.220 e. The number of hydrogen-bond acceptors (Lipinski definition) is 3. The number of hydrogen-bond donors (Lipinski definition) is 3. The summed E-state index contributed by atoms with van der Waals surface area (Å²) in [4.78, 5) is 12.4. The highest BCUT2D eigenvalue weighted by molar-refractivity contribution is 5.76. The number of rotatable bonds is 47. The SMILES string of the molecule is CCCCCCCCCCCCCC/C=C\CCCCCCCCCCCCCCCCC(=O)NC(CO)C(O)CCCCCCCCCCCCCCC. The number of allylic oxidation sites excluding steroid dienone is 2. The Kier molecular flexibility index (Phi) is 46.8. The van der Waals surface area contributed by atoms with Gasteiger partial charge in [0, 0.05) is 6.42 Å². The molecule has 0 aromatic rings. The van der Waals surface area contributed by atoms with E-state index in [1.807, 2.05) is 0 Å². The molecule has 0 rings (SSSR count). The van der Waals surface area contributed by atoms with Crippen LogP contribution < -0.4 is 5.32 Å². The molecular formula is C51H101NO3. The maximum atomic E-state index is 12.4. The third kappa shape index (κ3) is 44.1. The van der Waals surface area contributed by atoms with Crippen molar-refractivity contribution in [3.63, 3.8) is 0 Å². The molecule has 0 saturated heterocycles. The van der Waals surface area contributed by atoms with Crippen LogP contribution in [-0.4, -0.2) is 34.9 Å². The summed E-state index contributed by atoms with van der Waals surface area (Å²) >= 11 is 0. The number of carbonyl (C=O) groups excluding carboxylic acids is 1. The van der Waals surface area contributed by atoms with Crippen molar-refractivity contribution in [2.75, 3.05) is 6.61 Å². The summed E-state index contributed by atoms with van der Waals surface area (Å²) < 4.78 is 0. The number of amides is 1. The van der Waals surface area contributed by atoms with Crippen LogP contribution in [0, 0.1) is 0 Å². The number of aliphatic hydroxyl groups is 2. The van der Waals surface area contributed by atoms with Gasteiger partial charge in [-0.15, -0.1) is 0 Å². The lowest BCUT2D eigenvalue weighted by Crippen LogP contribution is -2.45. The Bertz CT molecular complexity index is 754. The Morgan fingerprint density at radius 2 is 0.691 bits per heavy atom. The van der Waals surface area contributed by atoms with Crippen molar-refractivity contribution in [2.45, 2.75) is 302 Å². The zero-order valence-electron chi connectivity index (χ0n) is 37.7. The molecule has 0 aromatic heterocycles. The fourth-order valence-corrected chi connectivity index (χ4v) is 8.12. The zero-order chi connectivity index (χ0) is 40.0. The van der Waals surface area contributed by atoms with Gasteiger partial charge in [0.25, 0.3) is 0 Å². The average molecular weight is 776 g/mol. The van der Waals surface area contributed by atoms with E-state index in [1.165, 1.54) is 238 Å². The molecule has 0 aliphatic heterocycles. The first-order valence-corrected chi connectivity index (χ1v) is 25.4. The molecule has 2 unspecified atom stereocenters. The summed E-state index contributed by atoms with van der Waals surface area (Å²) in [5.41, 5.74) is 0. The normalized spacial score (nSPS) is 12.9. The van der Waals surface area contributed by atoms with Gasteiger partial charge in [0.1, 0.15) is 0 Å². The molecule has 0 spiro atoms. The number of unbranched alkanes of at least 4 members (excludes halogenated alkanes) is 38. The van der Waals surface area contributed by atoms with Crippen LogP contribution in [-0.2, 0) is 4.79 Å². The number of aliphatic hydroxyl groups excluding tert-OH is 2. The molecule has 4 heteroatoms. The first-order valence-electron chi connectivity index (χ1n) is 25.4. The minimum atomic E-state index is -0.655. The molecule has 3 N–H and O–H groups in total. The molecule has 0 aromatic carbocycles. The Labute approximate surface area is 346 Å². The Morgan fingerprint density at radius 1 is 0.418 bits per heavy atom. The van der Waals surface area contributed by atoms with Crippen LogP contribution in [0.15, 0.2) is 12.2 Å². The molecule has 0 aliphatic rings. The largest absolute Gasteiger partial charge is 0.394 e. The average Bonchev–Trinajstić information content (AvgIpc) is 3.19. The lowest BCUT2D eigenvalue weighted by molar-refractivity contribution is -0.123. The standard InChI is InChI=1S/C51H101NO3/c1-3-5-7-9-11-13-15-17-18-19-20-21-22-23-24-25-26-27-28-29-30-31-32-33-35-37-39-41-43-45-47-51(55)52-49(48-53)50(54)46-44-42-40-38-36-34-16-14-12-10-8-6-4-2/h23-24,49-50,53-54H,3-22,25-48H2,1-2H3,(H,52,55)/b24-23-. The molecule has 0 saturated carbocycles. The van der Waals surface area contributed by atoms with E-state index in [4.69, 9.17) is 0 Å². The van der Waals surface area contributed by atoms with Crippen LogP contribution in [0.2, 0.25) is 0 Å². The van der Waals surface area contributed by atoms with E-state index < -0.39 is 12.1 Å². The van der Waals surface area contributed by atoms with Crippen LogP contribution in [0.1, 0.15) is 290 Å². The summed E-state index contributed by atoms with van der Waals surface area (Å²) in [6.45, 7) is 4.38. The molecule has 1 amide bonds. The van der Waals surface area contributed by atoms with Gasteiger partial charge in [-0.3, -0.25) is 4.79 Å². The predicted octanol–water partition coefficient (Wildman–Crippen LogP) is 16.2. The van der Waals surface area contributed by atoms with Gasteiger partial charge in [-0.05, 0) is 38.5 Å². The topological polar surface area (TPSA) is 69.6 Å². The predicted molar refractivity (Wildman–Crippen MR) is 244 cm³/mol. The Balaban J connectivity index is 3.40. The summed E-state index contributed by atoms with van der Waals surface area (Å²) in [5.74, 6) is -0.0273. The van der Waals surface area contributed by atoms with E-state index in [1.54, 1.807) is 0 Å². The summed E-state index contributed by atoms with van der Waals surface area (Å²) in [5, 5.41) is 23.2. The highest BCUT2D eigenvalue weighted by Crippen LogP contribution is 2.17. The van der Waals surface area contributed by atoms with Gasteiger partial charge in [-0.2, -0.15) is 0 Å². The molecule has 0 fully saturated rings. The van der Waals surface area contributed by atoms with Crippen LogP contribution in [0.5, 0.6) is 0 Å². The van der Waals surface area contributed by atoms with E-state index in [-0.39, 0.29) is 12.5 Å². The van der Waals surface area contributed by atoms with E-state index in [9.17, 15) is 15.0 Å².